The Bertz CT molecular complexity index is 1170. The zero-order valence-corrected chi connectivity index (χ0v) is 15.9. The van der Waals surface area contributed by atoms with Gasteiger partial charge in [-0.3, -0.25) is 4.68 Å². The molecule has 0 aliphatic rings. The molecule has 3 N–H and O–H groups in total. The number of H-pyrrole nitrogens is 1. The summed E-state index contributed by atoms with van der Waals surface area (Å²) in [7, 11) is 0. The molecule has 30 heavy (non-hydrogen) atoms. The van der Waals surface area contributed by atoms with E-state index in [1.807, 2.05) is 0 Å². The lowest BCUT2D eigenvalue weighted by atomic mass is 10.1. The first kappa shape index (κ1) is 19.8. The molecule has 0 spiro atoms. The van der Waals surface area contributed by atoms with Gasteiger partial charge in [0, 0.05) is 42.5 Å². The zero-order valence-electron chi connectivity index (χ0n) is 15.9. The van der Waals surface area contributed by atoms with Gasteiger partial charge in [-0.15, -0.1) is 0 Å². The fraction of sp³-hybridized carbons (Fsp3) is 0.263. The molecule has 0 fully saturated rings. The average Bonchev–Trinajstić information content (AvgIpc) is 3.30. The standard InChI is InChI=1S/C19H18F3N7O/c1-10(30)5-26-19-23-3-2-15(27-19)13-8-29(9-16(21)22)28-17(13)11-4-12-14(20)7-25-18(12)24-6-11/h2-4,6-8,10,16,30H,5,9H2,1H3,(H,24,25)(H,23,26,27)/t10-/m0/s1. The number of halogens is 3. The number of fused-ring (bicyclic) bond motifs is 1. The summed E-state index contributed by atoms with van der Waals surface area (Å²) in [4.78, 5) is 15.4. The third-order valence-corrected chi connectivity index (χ3v) is 4.33. The summed E-state index contributed by atoms with van der Waals surface area (Å²) >= 11 is 0. The summed E-state index contributed by atoms with van der Waals surface area (Å²) in [5.74, 6) is -0.203. The largest absolute Gasteiger partial charge is 0.392 e. The lowest BCUT2D eigenvalue weighted by Crippen LogP contribution is -2.16. The van der Waals surface area contributed by atoms with E-state index in [0.717, 1.165) is 4.68 Å². The van der Waals surface area contributed by atoms with Gasteiger partial charge in [-0.05, 0) is 19.1 Å². The molecule has 0 aliphatic carbocycles. The molecule has 0 saturated heterocycles. The molecule has 1 atom stereocenters. The lowest BCUT2D eigenvalue weighted by molar-refractivity contribution is 0.122. The number of rotatable bonds is 7. The van der Waals surface area contributed by atoms with Crippen LogP contribution in [0.25, 0.3) is 33.5 Å². The van der Waals surface area contributed by atoms with Crippen LogP contribution in [-0.2, 0) is 6.54 Å². The van der Waals surface area contributed by atoms with E-state index in [-0.39, 0.29) is 17.9 Å². The maximum absolute atomic E-state index is 14.0. The number of aliphatic hydroxyl groups excluding tert-OH is 1. The van der Waals surface area contributed by atoms with Crippen molar-refractivity contribution in [2.24, 2.45) is 0 Å². The van der Waals surface area contributed by atoms with Crippen LogP contribution in [0.1, 0.15) is 6.92 Å². The molecule has 4 heterocycles. The predicted molar refractivity (Wildman–Crippen MR) is 104 cm³/mol. The normalized spacial score (nSPS) is 12.6. The van der Waals surface area contributed by atoms with E-state index in [1.165, 1.54) is 24.8 Å². The first-order valence-electron chi connectivity index (χ1n) is 9.14. The van der Waals surface area contributed by atoms with Crippen molar-refractivity contribution in [3.8, 4) is 22.5 Å². The van der Waals surface area contributed by atoms with Gasteiger partial charge in [-0.25, -0.2) is 28.1 Å². The second kappa shape index (κ2) is 8.11. The van der Waals surface area contributed by atoms with Gasteiger partial charge in [0.1, 0.15) is 23.7 Å². The van der Waals surface area contributed by atoms with Gasteiger partial charge in [-0.1, -0.05) is 0 Å². The highest BCUT2D eigenvalue weighted by Gasteiger charge is 2.18. The molecule has 8 nitrogen and oxygen atoms in total. The van der Waals surface area contributed by atoms with Crippen molar-refractivity contribution in [2.45, 2.75) is 26.0 Å². The monoisotopic (exact) mass is 417 g/mol. The molecule has 0 bridgehead atoms. The first-order chi connectivity index (χ1) is 14.4. The van der Waals surface area contributed by atoms with Crippen molar-refractivity contribution < 1.29 is 18.3 Å². The van der Waals surface area contributed by atoms with Crippen LogP contribution in [0.4, 0.5) is 19.1 Å². The number of hydrogen-bond donors (Lipinski definition) is 3. The van der Waals surface area contributed by atoms with Crippen LogP contribution in [0.3, 0.4) is 0 Å². The Hall–Kier alpha value is -3.47. The van der Waals surface area contributed by atoms with E-state index < -0.39 is 24.9 Å². The van der Waals surface area contributed by atoms with Crippen LogP contribution in [0.15, 0.2) is 36.9 Å². The molecule has 0 aromatic carbocycles. The Kier molecular flexibility index (Phi) is 5.36. The quantitative estimate of drug-likeness (QED) is 0.427. The summed E-state index contributed by atoms with van der Waals surface area (Å²) in [6.45, 7) is 1.26. The van der Waals surface area contributed by atoms with Crippen molar-refractivity contribution in [3.63, 3.8) is 0 Å². The fourth-order valence-electron chi connectivity index (χ4n) is 2.99. The Morgan fingerprint density at radius 2 is 2.13 bits per heavy atom. The molecule has 0 unspecified atom stereocenters. The molecular weight excluding hydrogens is 399 g/mol. The van der Waals surface area contributed by atoms with Crippen molar-refractivity contribution >= 4 is 17.0 Å². The van der Waals surface area contributed by atoms with Gasteiger partial charge in [-0.2, -0.15) is 5.10 Å². The number of aliphatic hydroxyl groups is 1. The van der Waals surface area contributed by atoms with Crippen molar-refractivity contribution in [3.05, 3.63) is 42.7 Å². The first-order valence-corrected chi connectivity index (χ1v) is 9.14. The number of hydrogen-bond acceptors (Lipinski definition) is 6. The van der Waals surface area contributed by atoms with Crippen molar-refractivity contribution in [1.29, 1.82) is 0 Å². The maximum atomic E-state index is 14.0. The fourth-order valence-corrected chi connectivity index (χ4v) is 2.99. The van der Waals surface area contributed by atoms with Crippen LogP contribution in [0.2, 0.25) is 0 Å². The number of alkyl halides is 2. The van der Waals surface area contributed by atoms with E-state index in [1.54, 1.807) is 19.1 Å². The number of nitrogens with zero attached hydrogens (tertiary/aromatic N) is 5. The Labute approximate surface area is 168 Å². The number of nitrogens with one attached hydrogen (secondary N) is 2. The molecule has 0 saturated carbocycles. The third-order valence-electron chi connectivity index (χ3n) is 4.33. The molecular formula is C19H18F3N7O. The van der Waals surface area contributed by atoms with Gasteiger partial charge >= 0.3 is 0 Å². The number of aromatic amines is 1. The summed E-state index contributed by atoms with van der Waals surface area (Å²) in [6.07, 6.45) is 2.46. The van der Waals surface area contributed by atoms with Crippen LogP contribution < -0.4 is 5.32 Å². The SMILES string of the molecule is C[C@H](O)CNc1nccc(-c2cn(CC(F)F)nc2-c2cnc3[nH]cc(F)c3c2)n1. The summed E-state index contributed by atoms with van der Waals surface area (Å²) in [5, 5.41) is 16.9. The van der Waals surface area contributed by atoms with E-state index in [4.69, 9.17) is 0 Å². The summed E-state index contributed by atoms with van der Waals surface area (Å²) < 4.78 is 41.0. The zero-order chi connectivity index (χ0) is 21.3. The van der Waals surface area contributed by atoms with Gasteiger partial charge in [0.05, 0.1) is 17.2 Å². The molecule has 156 valence electrons. The van der Waals surface area contributed by atoms with Gasteiger partial charge in [0.25, 0.3) is 6.43 Å². The molecule has 0 aliphatic heterocycles. The van der Waals surface area contributed by atoms with Crippen LogP contribution in [0, 0.1) is 5.82 Å². The van der Waals surface area contributed by atoms with E-state index in [9.17, 15) is 18.3 Å². The Balaban J connectivity index is 1.79. The van der Waals surface area contributed by atoms with Crippen LogP contribution in [-0.4, -0.2) is 53.9 Å². The van der Waals surface area contributed by atoms with Crippen molar-refractivity contribution in [1.82, 2.24) is 29.7 Å². The number of aromatic nitrogens is 6. The average molecular weight is 417 g/mol. The van der Waals surface area contributed by atoms with E-state index in [2.05, 4.69) is 30.4 Å². The number of pyridine rings is 1. The third kappa shape index (κ3) is 4.10. The highest BCUT2D eigenvalue weighted by Crippen LogP contribution is 2.32. The van der Waals surface area contributed by atoms with Crippen molar-refractivity contribution in [2.75, 3.05) is 11.9 Å². The minimum atomic E-state index is -2.60. The van der Waals surface area contributed by atoms with Crippen LogP contribution in [0.5, 0.6) is 0 Å². The lowest BCUT2D eigenvalue weighted by Gasteiger charge is -2.08. The summed E-state index contributed by atoms with van der Waals surface area (Å²) in [6, 6.07) is 3.17. The smallest absolute Gasteiger partial charge is 0.257 e. The predicted octanol–water partition coefficient (Wildman–Crippen LogP) is 3.08. The second-order valence-electron chi connectivity index (χ2n) is 6.76. The molecule has 4 aromatic rings. The van der Waals surface area contributed by atoms with Gasteiger partial charge < -0.3 is 15.4 Å². The molecule has 4 rings (SSSR count). The van der Waals surface area contributed by atoms with Crippen LogP contribution >= 0.6 is 0 Å². The summed E-state index contributed by atoms with van der Waals surface area (Å²) in [5.41, 5.74) is 2.07. The number of anilines is 1. The minimum absolute atomic E-state index is 0.244. The molecule has 0 radical (unpaired) electrons. The Morgan fingerprint density at radius 1 is 1.30 bits per heavy atom. The Morgan fingerprint density at radius 3 is 2.90 bits per heavy atom. The molecule has 0 amide bonds. The topological polar surface area (TPSA) is 105 Å². The van der Waals surface area contributed by atoms with E-state index in [0.29, 0.717) is 28.2 Å². The van der Waals surface area contributed by atoms with E-state index >= 15 is 0 Å². The second-order valence-corrected chi connectivity index (χ2v) is 6.76. The van der Waals surface area contributed by atoms with Gasteiger partial charge in [0.2, 0.25) is 5.95 Å². The molecule has 4 aromatic heterocycles. The maximum Gasteiger partial charge on any atom is 0.257 e. The van der Waals surface area contributed by atoms with Gasteiger partial charge in [0.15, 0.2) is 0 Å². The highest BCUT2D eigenvalue weighted by molar-refractivity contribution is 5.85. The minimum Gasteiger partial charge on any atom is -0.392 e. The molecule has 11 heteroatoms. The highest BCUT2D eigenvalue weighted by atomic mass is 19.3.